The van der Waals surface area contributed by atoms with E-state index < -0.39 is 22.4 Å². The van der Waals surface area contributed by atoms with Gasteiger partial charge in [-0.3, -0.25) is 10.1 Å². The molecule has 0 fully saturated rings. The summed E-state index contributed by atoms with van der Waals surface area (Å²) in [5, 5.41) is 19.8. The molecule has 0 aliphatic rings. The van der Waals surface area contributed by atoms with Gasteiger partial charge < -0.3 is 10.0 Å². The number of benzene rings is 1. The van der Waals surface area contributed by atoms with Crippen molar-refractivity contribution in [3.63, 3.8) is 0 Å². The Hall–Kier alpha value is -3.03. The fourth-order valence-electron chi connectivity index (χ4n) is 1.78. The number of carboxylic acids is 1. The molecule has 108 valence electrons. The first kappa shape index (κ1) is 14.4. The van der Waals surface area contributed by atoms with Crippen LogP contribution in [0.3, 0.4) is 0 Å². The molecule has 2 aromatic rings. The zero-order chi connectivity index (χ0) is 15.6. The Morgan fingerprint density at radius 2 is 2.14 bits per heavy atom. The monoisotopic (exact) mass is 291 g/mol. The average molecular weight is 291 g/mol. The van der Waals surface area contributed by atoms with E-state index >= 15 is 0 Å². The van der Waals surface area contributed by atoms with Crippen molar-refractivity contribution in [2.24, 2.45) is 0 Å². The number of hydrogen-bond acceptors (Lipinski definition) is 5. The summed E-state index contributed by atoms with van der Waals surface area (Å²) in [7, 11) is 1.50. The van der Waals surface area contributed by atoms with Crippen LogP contribution in [-0.2, 0) is 0 Å². The SMILES string of the molecule is CN(c1cccc(F)c1)c1ncc([N+](=O)[O-])cc1C(=O)O. The lowest BCUT2D eigenvalue weighted by Gasteiger charge is -2.19. The topological polar surface area (TPSA) is 96.6 Å². The molecule has 1 heterocycles. The highest BCUT2D eigenvalue weighted by atomic mass is 19.1. The van der Waals surface area contributed by atoms with Crippen LogP contribution in [0.1, 0.15) is 10.4 Å². The quantitative estimate of drug-likeness (QED) is 0.687. The molecule has 2 rings (SSSR count). The second-order valence-electron chi connectivity index (χ2n) is 4.17. The molecular weight excluding hydrogens is 281 g/mol. The number of nitro groups is 1. The van der Waals surface area contributed by atoms with Crippen molar-refractivity contribution in [2.75, 3.05) is 11.9 Å². The molecule has 0 spiro atoms. The first-order chi connectivity index (χ1) is 9.90. The standard InChI is InChI=1S/C13H10FN3O4/c1-16(9-4-2-3-8(14)5-9)12-11(13(18)19)6-10(7-15-12)17(20)21/h2-7H,1H3,(H,18,19). The summed E-state index contributed by atoms with van der Waals surface area (Å²) in [5.74, 6) is -1.86. The van der Waals surface area contributed by atoms with Crippen LogP contribution < -0.4 is 4.90 Å². The van der Waals surface area contributed by atoms with Gasteiger partial charge in [-0.25, -0.2) is 14.2 Å². The molecule has 0 amide bonds. The second-order valence-corrected chi connectivity index (χ2v) is 4.17. The van der Waals surface area contributed by atoms with Crippen LogP contribution in [0.5, 0.6) is 0 Å². The summed E-state index contributed by atoms with van der Waals surface area (Å²) in [4.78, 5) is 26.3. The lowest BCUT2D eigenvalue weighted by Crippen LogP contribution is -2.16. The van der Waals surface area contributed by atoms with Gasteiger partial charge in [0.1, 0.15) is 23.4 Å². The van der Waals surface area contributed by atoms with E-state index in [-0.39, 0.29) is 11.4 Å². The fraction of sp³-hybridized carbons (Fsp3) is 0.0769. The van der Waals surface area contributed by atoms with E-state index in [9.17, 15) is 19.3 Å². The lowest BCUT2D eigenvalue weighted by molar-refractivity contribution is -0.385. The zero-order valence-corrected chi connectivity index (χ0v) is 10.9. The van der Waals surface area contributed by atoms with Crippen molar-refractivity contribution < 1.29 is 19.2 Å². The summed E-state index contributed by atoms with van der Waals surface area (Å²) < 4.78 is 13.2. The molecular formula is C13H10FN3O4. The van der Waals surface area contributed by atoms with E-state index in [1.807, 2.05) is 0 Å². The van der Waals surface area contributed by atoms with Gasteiger partial charge in [0.05, 0.1) is 4.92 Å². The van der Waals surface area contributed by atoms with Gasteiger partial charge >= 0.3 is 5.97 Å². The van der Waals surface area contributed by atoms with Crippen molar-refractivity contribution in [3.8, 4) is 0 Å². The average Bonchev–Trinajstić information content (AvgIpc) is 2.45. The van der Waals surface area contributed by atoms with Crippen LogP contribution in [0.15, 0.2) is 36.5 Å². The Morgan fingerprint density at radius 3 is 2.71 bits per heavy atom. The number of nitrogens with zero attached hydrogens (tertiary/aromatic N) is 3. The first-order valence-corrected chi connectivity index (χ1v) is 5.77. The number of carboxylic acid groups (broad SMARTS) is 1. The highest BCUT2D eigenvalue weighted by Gasteiger charge is 2.20. The molecule has 0 bridgehead atoms. The van der Waals surface area contributed by atoms with Crippen LogP contribution in [-0.4, -0.2) is 28.0 Å². The van der Waals surface area contributed by atoms with Crippen LogP contribution in [0, 0.1) is 15.9 Å². The van der Waals surface area contributed by atoms with Crippen molar-refractivity contribution in [1.82, 2.24) is 4.98 Å². The smallest absolute Gasteiger partial charge is 0.339 e. The van der Waals surface area contributed by atoms with E-state index in [1.54, 1.807) is 6.07 Å². The maximum Gasteiger partial charge on any atom is 0.339 e. The van der Waals surface area contributed by atoms with Gasteiger partial charge in [-0.15, -0.1) is 0 Å². The lowest BCUT2D eigenvalue weighted by atomic mass is 10.2. The predicted octanol–water partition coefficient (Wildman–Crippen LogP) is 2.60. The number of carbonyl (C=O) groups is 1. The number of hydrogen-bond donors (Lipinski definition) is 1. The number of anilines is 2. The molecule has 0 unspecified atom stereocenters. The number of rotatable bonds is 4. The van der Waals surface area contributed by atoms with Gasteiger partial charge in [-0.2, -0.15) is 0 Å². The van der Waals surface area contributed by atoms with Crippen LogP contribution >= 0.6 is 0 Å². The van der Waals surface area contributed by atoms with E-state index in [0.717, 1.165) is 12.3 Å². The van der Waals surface area contributed by atoms with Gasteiger partial charge in [0.15, 0.2) is 0 Å². The molecule has 0 aliphatic heterocycles. The second kappa shape index (κ2) is 5.53. The van der Waals surface area contributed by atoms with Gasteiger partial charge in [-0.05, 0) is 18.2 Å². The van der Waals surface area contributed by atoms with Gasteiger partial charge in [0, 0.05) is 18.8 Å². The maximum atomic E-state index is 13.2. The van der Waals surface area contributed by atoms with Gasteiger partial charge in [0.25, 0.3) is 5.69 Å². The van der Waals surface area contributed by atoms with Gasteiger partial charge in [0.2, 0.25) is 0 Å². The van der Waals surface area contributed by atoms with E-state index in [1.165, 1.54) is 30.1 Å². The van der Waals surface area contributed by atoms with Crippen molar-refractivity contribution in [3.05, 3.63) is 58.0 Å². The third-order valence-corrected chi connectivity index (χ3v) is 2.81. The molecule has 0 saturated carbocycles. The Labute approximate surface area is 118 Å². The van der Waals surface area contributed by atoms with E-state index in [2.05, 4.69) is 4.98 Å². The molecule has 7 nitrogen and oxygen atoms in total. The van der Waals surface area contributed by atoms with E-state index in [4.69, 9.17) is 5.11 Å². The Balaban J connectivity index is 2.52. The Morgan fingerprint density at radius 1 is 1.43 bits per heavy atom. The summed E-state index contributed by atoms with van der Waals surface area (Å²) in [5.41, 5.74) is -0.390. The number of pyridine rings is 1. The summed E-state index contributed by atoms with van der Waals surface area (Å²) in [6.45, 7) is 0. The zero-order valence-electron chi connectivity index (χ0n) is 10.9. The third kappa shape index (κ3) is 2.94. The molecule has 0 aliphatic carbocycles. The first-order valence-electron chi connectivity index (χ1n) is 5.77. The van der Waals surface area contributed by atoms with Crippen molar-refractivity contribution in [1.29, 1.82) is 0 Å². The van der Waals surface area contributed by atoms with Crippen LogP contribution in [0.2, 0.25) is 0 Å². The molecule has 1 aromatic carbocycles. The minimum absolute atomic E-state index is 0.0151. The summed E-state index contributed by atoms with van der Waals surface area (Å²) in [6.07, 6.45) is 0.956. The van der Waals surface area contributed by atoms with Crippen LogP contribution in [0.4, 0.5) is 21.6 Å². The van der Waals surface area contributed by atoms with E-state index in [0.29, 0.717) is 5.69 Å². The number of aromatic nitrogens is 1. The maximum absolute atomic E-state index is 13.2. The number of halogens is 1. The summed E-state index contributed by atoms with van der Waals surface area (Å²) in [6, 6.07) is 6.40. The fourth-order valence-corrected chi connectivity index (χ4v) is 1.78. The number of aromatic carboxylic acids is 1. The predicted molar refractivity (Wildman–Crippen MR) is 72.3 cm³/mol. The van der Waals surface area contributed by atoms with Gasteiger partial charge in [-0.1, -0.05) is 6.07 Å². The largest absolute Gasteiger partial charge is 0.478 e. The molecule has 1 N–H and O–H groups in total. The molecule has 0 saturated heterocycles. The highest BCUT2D eigenvalue weighted by Crippen LogP contribution is 2.27. The minimum Gasteiger partial charge on any atom is -0.478 e. The minimum atomic E-state index is -1.36. The summed E-state index contributed by atoms with van der Waals surface area (Å²) >= 11 is 0. The highest BCUT2D eigenvalue weighted by molar-refractivity contribution is 5.95. The Kier molecular flexibility index (Phi) is 3.79. The normalized spacial score (nSPS) is 10.2. The van der Waals surface area contributed by atoms with Crippen molar-refractivity contribution >= 4 is 23.2 Å². The third-order valence-electron chi connectivity index (χ3n) is 2.81. The Bertz CT molecular complexity index is 720. The van der Waals surface area contributed by atoms with Crippen molar-refractivity contribution in [2.45, 2.75) is 0 Å². The van der Waals surface area contributed by atoms with Crippen LogP contribution in [0.25, 0.3) is 0 Å². The molecule has 0 atom stereocenters. The molecule has 1 aromatic heterocycles. The molecule has 21 heavy (non-hydrogen) atoms. The molecule has 8 heteroatoms. The molecule has 0 radical (unpaired) electrons.